The van der Waals surface area contributed by atoms with Gasteiger partial charge in [0.2, 0.25) is 0 Å². The van der Waals surface area contributed by atoms with E-state index < -0.39 is 6.61 Å². The van der Waals surface area contributed by atoms with Crippen LogP contribution in [0, 0.1) is 5.92 Å². The molecule has 1 heterocycles. The zero-order valence-corrected chi connectivity index (χ0v) is 12.6. The van der Waals surface area contributed by atoms with Crippen molar-refractivity contribution in [1.29, 1.82) is 0 Å². The van der Waals surface area contributed by atoms with Crippen molar-refractivity contribution in [2.24, 2.45) is 11.7 Å². The first-order chi connectivity index (χ1) is 8.95. The van der Waals surface area contributed by atoms with Crippen molar-refractivity contribution in [3.05, 3.63) is 28.8 Å². The van der Waals surface area contributed by atoms with E-state index >= 15 is 0 Å². The number of alkyl halides is 2. The van der Waals surface area contributed by atoms with Crippen LogP contribution in [-0.2, 0) is 6.54 Å². The fourth-order valence-corrected chi connectivity index (χ4v) is 2.54. The molecule has 2 N–H and O–H groups in total. The Morgan fingerprint density at radius 2 is 2.15 bits per heavy atom. The van der Waals surface area contributed by atoms with Crippen LogP contribution in [0.3, 0.4) is 0 Å². The summed E-state index contributed by atoms with van der Waals surface area (Å²) in [7, 11) is 0. The van der Waals surface area contributed by atoms with Crippen LogP contribution in [0.25, 0.3) is 0 Å². The Balaban J connectivity index is 0.00000200. The zero-order chi connectivity index (χ0) is 14.0. The van der Waals surface area contributed by atoms with Gasteiger partial charge in [0.1, 0.15) is 5.75 Å². The van der Waals surface area contributed by atoms with Crippen molar-refractivity contribution >= 4 is 24.0 Å². The molecule has 1 saturated heterocycles. The molecule has 2 atom stereocenters. The highest BCUT2D eigenvalue weighted by Gasteiger charge is 2.27. The number of nitrogens with two attached hydrogens (primary N) is 1. The fraction of sp³-hybridized carbons (Fsp3) is 0.538. The van der Waals surface area contributed by atoms with Crippen LogP contribution in [-0.4, -0.2) is 30.6 Å². The number of nitrogens with zero attached hydrogens (tertiary/aromatic N) is 1. The van der Waals surface area contributed by atoms with Gasteiger partial charge in [0.15, 0.2) is 0 Å². The maximum atomic E-state index is 12.3. The molecule has 1 aliphatic heterocycles. The maximum Gasteiger partial charge on any atom is 0.387 e. The molecule has 0 aromatic heterocycles. The normalized spacial score (nSPS) is 22.9. The monoisotopic (exact) mass is 326 g/mol. The highest BCUT2D eigenvalue weighted by atomic mass is 35.5. The smallest absolute Gasteiger partial charge is 0.387 e. The Labute approximate surface area is 128 Å². The Morgan fingerprint density at radius 3 is 2.70 bits per heavy atom. The molecule has 0 amide bonds. The molecule has 3 nitrogen and oxygen atoms in total. The summed E-state index contributed by atoms with van der Waals surface area (Å²) in [4.78, 5) is 2.12. The number of rotatable bonds is 4. The van der Waals surface area contributed by atoms with Crippen LogP contribution in [0.2, 0.25) is 5.02 Å². The van der Waals surface area contributed by atoms with Crippen molar-refractivity contribution in [3.63, 3.8) is 0 Å². The van der Waals surface area contributed by atoms with E-state index in [0.29, 0.717) is 23.0 Å². The molecule has 114 valence electrons. The van der Waals surface area contributed by atoms with Crippen LogP contribution in [0.1, 0.15) is 12.5 Å². The molecule has 7 heteroatoms. The number of hydrogen-bond acceptors (Lipinski definition) is 3. The third kappa shape index (κ3) is 4.45. The molecule has 2 rings (SSSR count). The first-order valence-corrected chi connectivity index (χ1v) is 6.54. The van der Waals surface area contributed by atoms with Crippen LogP contribution in [0.4, 0.5) is 8.78 Å². The molecular formula is C13H18Cl2F2N2O. The lowest BCUT2D eigenvalue weighted by atomic mass is 10.1. The summed E-state index contributed by atoms with van der Waals surface area (Å²) in [6.45, 7) is 1.36. The summed E-state index contributed by atoms with van der Waals surface area (Å²) in [5.74, 6) is 0.575. The Kier molecular flexibility index (Phi) is 6.45. The lowest BCUT2D eigenvalue weighted by Crippen LogP contribution is -2.28. The predicted molar refractivity (Wildman–Crippen MR) is 77.7 cm³/mol. The molecule has 0 bridgehead atoms. The summed E-state index contributed by atoms with van der Waals surface area (Å²) in [5, 5.41) is 0.508. The van der Waals surface area contributed by atoms with Crippen LogP contribution in [0.15, 0.2) is 18.2 Å². The maximum absolute atomic E-state index is 12.3. The average molecular weight is 327 g/mol. The lowest BCUT2D eigenvalue weighted by molar-refractivity contribution is -0.0507. The van der Waals surface area contributed by atoms with E-state index in [1.54, 1.807) is 12.1 Å². The van der Waals surface area contributed by atoms with Crippen LogP contribution >= 0.6 is 24.0 Å². The quantitative estimate of drug-likeness (QED) is 0.923. The molecular weight excluding hydrogens is 309 g/mol. The Bertz CT molecular complexity index is 438. The SMILES string of the molecule is CC1CN(Cc2cc(Cl)ccc2OC(F)F)CC1N.Cl. The predicted octanol–water partition coefficient (Wildman–Crippen LogP) is 3.14. The summed E-state index contributed by atoms with van der Waals surface area (Å²) in [6.07, 6.45) is 0. The van der Waals surface area contributed by atoms with Gasteiger partial charge in [-0.1, -0.05) is 18.5 Å². The average Bonchev–Trinajstić information content (AvgIpc) is 2.61. The second kappa shape index (κ2) is 7.41. The van der Waals surface area contributed by atoms with Crippen LogP contribution in [0.5, 0.6) is 5.75 Å². The lowest BCUT2D eigenvalue weighted by Gasteiger charge is -2.18. The van der Waals surface area contributed by atoms with Crippen molar-refractivity contribution in [2.75, 3.05) is 13.1 Å². The van der Waals surface area contributed by atoms with Gasteiger partial charge in [-0.05, 0) is 24.1 Å². The van der Waals surface area contributed by atoms with Gasteiger partial charge in [0.25, 0.3) is 0 Å². The highest BCUT2D eigenvalue weighted by Crippen LogP contribution is 2.27. The third-order valence-corrected chi connectivity index (χ3v) is 3.61. The second-order valence-corrected chi connectivity index (χ2v) is 5.40. The standard InChI is InChI=1S/C13H17ClF2N2O.ClH/c1-8-5-18(7-11(8)17)6-9-4-10(14)2-3-12(9)19-13(15)16;/h2-4,8,11,13H,5-7,17H2,1H3;1H. The summed E-state index contributed by atoms with van der Waals surface area (Å²) < 4.78 is 29.2. The van der Waals surface area contributed by atoms with E-state index in [4.69, 9.17) is 17.3 Å². The van der Waals surface area contributed by atoms with Gasteiger partial charge in [0.05, 0.1) is 0 Å². The van der Waals surface area contributed by atoms with E-state index in [1.807, 2.05) is 0 Å². The van der Waals surface area contributed by atoms with E-state index in [1.165, 1.54) is 6.07 Å². The molecule has 0 aliphatic carbocycles. The first-order valence-electron chi connectivity index (χ1n) is 6.17. The van der Waals surface area contributed by atoms with Gasteiger partial charge in [-0.15, -0.1) is 12.4 Å². The summed E-state index contributed by atoms with van der Waals surface area (Å²) >= 11 is 5.91. The van der Waals surface area contributed by atoms with E-state index in [-0.39, 0.29) is 24.2 Å². The van der Waals surface area contributed by atoms with Gasteiger partial charge in [0, 0.05) is 36.3 Å². The number of benzene rings is 1. The van der Waals surface area contributed by atoms with E-state index in [2.05, 4.69) is 16.6 Å². The van der Waals surface area contributed by atoms with Gasteiger partial charge in [-0.25, -0.2) is 0 Å². The minimum Gasteiger partial charge on any atom is -0.434 e. The first kappa shape index (κ1) is 17.4. The highest BCUT2D eigenvalue weighted by molar-refractivity contribution is 6.30. The molecule has 1 aromatic carbocycles. The Morgan fingerprint density at radius 1 is 1.45 bits per heavy atom. The fourth-order valence-electron chi connectivity index (χ4n) is 2.35. The molecule has 0 spiro atoms. The Hall–Kier alpha value is -0.620. The summed E-state index contributed by atoms with van der Waals surface area (Å²) in [5.41, 5.74) is 6.61. The van der Waals surface area contributed by atoms with Crippen molar-refractivity contribution < 1.29 is 13.5 Å². The van der Waals surface area contributed by atoms with E-state index in [0.717, 1.165) is 13.1 Å². The molecule has 1 aliphatic rings. The number of halogens is 4. The van der Waals surface area contributed by atoms with Crippen molar-refractivity contribution in [1.82, 2.24) is 4.90 Å². The minimum atomic E-state index is -2.83. The second-order valence-electron chi connectivity index (χ2n) is 4.97. The topological polar surface area (TPSA) is 38.5 Å². The molecule has 1 fully saturated rings. The van der Waals surface area contributed by atoms with Gasteiger partial charge >= 0.3 is 6.61 Å². The molecule has 1 aromatic rings. The molecule has 20 heavy (non-hydrogen) atoms. The zero-order valence-electron chi connectivity index (χ0n) is 11.1. The summed E-state index contributed by atoms with van der Waals surface area (Å²) in [6, 6.07) is 4.80. The van der Waals surface area contributed by atoms with Crippen molar-refractivity contribution in [2.45, 2.75) is 26.1 Å². The van der Waals surface area contributed by atoms with E-state index in [9.17, 15) is 8.78 Å². The third-order valence-electron chi connectivity index (χ3n) is 3.38. The minimum absolute atomic E-state index is 0. The van der Waals surface area contributed by atoms with Crippen LogP contribution < -0.4 is 10.5 Å². The molecule has 0 saturated carbocycles. The van der Waals surface area contributed by atoms with Gasteiger partial charge in [-0.2, -0.15) is 8.78 Å². The van der Waals surface area contributed by atoms with Crippen molar-refractivity contribution in [3.8, 4) is 5.75 Å². The number of hydrogen-bond donors (Lipinski definition) is 1. The number of ether oxygens (including phenoxy) is 1. The molecule has 2 unspecified atom stereocenters. The largest absolute Gasteiger partial charge is 0.434 e. The van der Waals surface area contributed by atoms with Gasteiger partial charge in [-0.3, -0.25) is 4.90 Å². The van der Waals surface area contributed by atoms with Gasteiger partial charge < -0.3 is 10.5 Å². The molecule has 0 radical (unpaired) electrons. The number of likely N-dealkylation sites (tertiary alicyclic amines) is 1.